The SMILES string of the molecule is Nc1cc(Br)c2c(c1)C1(CCCC1)C(=O)N2. The van der Waals surface area contributed by atoms with Crippen LogP contribution in [-0.2, 0) is 10.2 Å². The maximum Gasteiger partial charge on any atom is 0.235 e. The normalized spacial score (nSPS) is 21.2. The molecule has 1 spiro atoms. The van der Waals surface area contributed by atoms with Crippen LogP contribution < -0.4 is 11.1 Å². The molecule has 2 aliphatic rings. The lowest BCUT2D eigenvalue weighted by Crippen LogP contribution is -2.30. The molecule has 0 atom stereocenters. The summed E-state index contributed by atoms with van der Waals surface area (Å²) < 4.78 is 0.889. The molecule has 1 amide bonds. The molecule has 3 nitrogen and oxygen atoms in total. The van der Waals surface area contributed by atoms with Crippen molar-refractivity contribution in [2.45, 2.75) is 31.1 Å². The molecule has 1 aliphatic carbocycles. The van der Waals surface area contributed by atoms with Crippen LogP contribution >= 0.6 is 15.9 Å². The van der Waals surface area contributed by atoms with Gasteiger partial charge in [0.2, 0.25) is 5.91 Å². The number of hydrogen-bond acceptors (Lipinski definition) is 2. The van der Waals surface area contributed by atoms with Crippen molar-refractivity contribution in [3.63, 3.8) is 0 Å². The Morgan fingerprint density at radius 1 is 1.31 bits per heavy atom. The third-order valence-electron chi connectivity index (χ3n) is 3.76. The van der Waals surface area contributed by atoms with E-state index in [4.69, 9.17) is 5.73 Å². The zero-order valence-corrected chi connectivity index (χ0v) is 10.4. The minimum absolute atomic E-state index is 0.145. The Labute approximate surface area is 103 Å². The fraction of sp³-hybridized carbons (Fsp3) is 0.417. The molecule has 1 aromatic carbocycles. The smallest absolute Gasteiger partial charge is 0.235 e. The summed E-state index contributed by atoms with van der Waals surface area (Å²) in [5.41, 5.74) is 8.28. The predicted molar refractivity (Wildman–Crippen MR) is 67.3 cm³/mol. The van der Waals surface area contributed by atoms with Crippen LogP contribution in [0.4, 0.5) is 11.4 Å². The van der Waals surface area contributed by atoms with Crippen molar-refractivity contribution in [2.24, 2.45) is 0 Å². The first-order valence-electron chi connectivity index (χ1n) is 5.54. The Bertz CT molecular complexity index is 478. The van der Waals surface area contributed by atoms with Crippen LogP contribution in [0.3, 0.4) is 0 Å². The number of rotatable bonds is 0. The number of fused-ring (bicyclic) bond motifs is 2. The third kappa shape index (κ3) is 1.16. The molecule has 0 saturated heterocycles. The first kappa shape index (κ1) is 10.1. The van der Waals surface area contributed by atoms with Crippen molar-refractivity contribution in [1.29, 1.82) is 0 Å². The van der Waals surface area contributed by atoms with E-state index in [0.29, 0.717) is 5.69 Å². The van der Waals surface area contributed by atoms with Gasteiger partial charge in [-0.1, -0.05) is 12.8 Å². The molecule has 3 rings (SSSR count). The number of nitrogen functional groups attached to an aromatic ring is 1. The summed E-state index contributed by atoms with van der Waals surface area (Å²) in [4.78, 5) is 12.1. The van der Waals surface area contributed by atoms with Crippen molar-refractivity contribution in [3.05, 3.63) is 22.2 Å². The number of benzene rings is 1. The second kappa shape index (κ2) is 3.23. The number of hydrogen-bond donors (Lipinski definition) is 2. The van der Waals surface area contributed by atoms with Crippen molar-refractivity contribution < 1.29 is 4.79 Å². The van der Waals surface area contributed by atoms with Crippen LogP contribution in [0.5, 0.6) is 0 Å². The highest BCUT2D eigenvalue weighted by Crippen LogP contribution is 2.51. The van der Waals surface area contributed by atoms with Crippen LogP contribution in [-0.4, -0.2) is 5.91 Å². The summed E-state index contributed by atoms with van der Waals surface area (Å²) in [5.74, 6) is 0.145. The van der Waals surface area contributed by atoms with Crippen LogP contribution in [0.1, 0.15) is 31.2 Å². The van der Waals surface area contributed by atoms with Gasteiger partial charge in [0.05, 0.1) is 11.1 Å². The van der Waals surface area contributed by atoms with Crippen molar-refractivity contribution in [3.8, 4) is 0 Å². The van der Waals surface area contributed by atoms with Crippen LogP contribution in [0.2, 0.25) is 0 Å². The lowest BCUT2D eigenvalue weighted by molar-refractivity contribution is -0.120. The average molecular weight is 281 g/mol. The molecular formula is C12H13BrN2O. The summed E-state index contributed by atoms with van der Waals surface area (Å²) in [6, 6.07) is 3.79. The van der Waals surface area contributed by atoms with Gasteiger partial charge < -0.3 is 11.1 Å². The van der Waals surface area contributed by atoms with Gasteiger partial charge in [-0.3, -0.25) is 4.79 Å². The molecule has 0 unspecified atom stereocenters. The lowest BCUT2D eigenvalue weighted by atomic mass is 9.80. The van der Waals surface area contributed by atoms with Crippen molar-refractivity contribution >= 4 is 33.2 Å². The van der Waals surface area contributed by atoms with Crippen molar-refractivity contribution in [1.82, 2.24) is 0 Å². The van der Waals surface area contributed by atoms with E-state index < -0.39 is 0 Å². The second-order valence-electron chi connectivity index (χ2n) is 4.67. The number of amides is 1. The predicted octanol–water partition coefficient (Wildman–Crippen LogP) is 2.80. The number of anilines is 2. The standard InChI is InChI=1S/C12H13BrN2O/c13-9-6-7(14)5-8-10(9)15-11(16)12(8)3-1-2-4-12/h5-6H,1-4,14H2,(H,15,16). The molecule has 1 aromatic rings. The first-order valence-corrected chi connectivity index (χ1v) is 6.34. The van der Waals surface area contributed by atoms with E-state index >= 15 is 0 Å². The van der Waals surface area contributed by atoms with E-state index in [-0.39, 0.29) is 11.3 Å². The fourth-order valence-corrected chi connectivity index (χ4v) is 3.54. The maximum atomic E-state index is 12.1. The quantitative estimate of drug-likeness (QED) is 0.718. The van der Waals surface area contributed by atoms with Crippen LogP contribution in [0.25, 0.3) is 0 Å². The maximum absolute atomic E-state index is 12.1. The minimum atomic E-state index is -0.298. The molecule has 1 aliphatic heterocycles. The van der Waals surface area contributed by atoms with E-state index in [1.807, 2.05) is 12.1 Å². The third-order valence-corrected chi connectivity index (χ3v) is 4.38. The van der Waals surface area contributed by atoms with E-state index in [1.165, 1.54) is 0 Å². The minimum Gasteiger partial charge on any atom is -0.399 e. The lowest BCUT2D eigenvalue weighted by Gasteiger charge is -2.20. The Hall–Kier alpha value is -1.03. The number of halogens is 1. The molecule has 4 heteroatoms. The van der Waals surface area contributed by atoms with Gasteiger partial charge in [0, 0.05) is 10.2 Å². The summed E-state index contributed by atoms with van der Waals surface area (Å²) in [6.45, 7) is 0. The molecule has 3 N–H and O–H groups in total. The summed E-state index contributed by atoms with van der Waals surface area (Å²) in [6.07, 6.45) is 4.14. The van der Waals surface area contributed by atoms with Gasteiger partial charge in [-0.25, -0.2) is 0 Å². The largest absolute Gasteiger partial charge is 0.399 e. The molecule has 0 aromatic heterocycles. The Morgan fingerprint density at radius 2 is 2.00 bits per heavy atom. The summed E-state index contributed by atoms with van der Waals surface area (Å²) in [5, 5.41) is 2.98. The van der Waals surface area contributed by atoms with Gasteiger partial charge in [-0.15, -0.1) is 0 Å². The van der Waals surface area contributed by atoms with Gasteiger partial charge in [0.25, 0.3) is 0 Å². The van der Waals surface area contributed by atoms with Gasteiger partial charge in [-0.2, -0.15) is 0 Å². The zero-order chi connectivity index (χ0) is 11.3. The Kier molecular flexibility index (Phi) is 2.05. The van der Waals surface area contributed by atoms with Gasteiger partial charge in [-0.05, 0) is 46.5 Å². The molecule has 16 heavy (non-hydrogen) atoms. The average Bonchev–Trinajstić information content (AvgIpc) is 2.79. The van der Waals surface area contributed by atoms with E-state index in [0.717, 1.165) is 41.4 Å². The monoisotopic (exact) mass is 280 g/mol. The van der Waals surface area contributed by atoms with Gasteiger partial charge >= 0.3 is 0 Å². The highest BCUT2D eigenvalue weighted by molar-refractivity contribution is 9.10. The van der Waals surface area contributed by atoms with E-state index in [1.54, 1.807) is 0 Å². The van der Waals surface area contributed by atoms with Crippen LogP contribution in [0, 0.1) is 0 Å². The zero-order valence-electron chi connectivity index (χ0n) is 8.85. The summed E-state index contributed by atoms with van der Waals surface area (Å²) in [7, 11) is 0. The second-order valence-corrected chi connectivity index (χ2v) is 5.52. The van der Waals surface area contributed by atoms with Gasteiger partial charge in [0.15, 0.2) is 0 Å². The Morgan fingerprint density at radius 3 is 2.69 bits per heavy atom. The molecule has 0 bridgehead atoms. The Balaban J connectivity index is 2.24. The molecule has 1 heterocycles. The molecule has 1 fully saturated rings. The first-order chi connectivity index (χ1) is 7.63. The van der Waals surface area contributed by atoms with E-state index in [2.05, 4.69) is 21.2 Å². The summed E-state index contributed by atoms with van der Waals surface area (Å²) >= 11 is 3.46. The molecule has 0 radical (unpaired) electrons. The van der Waals surface area contributed by atoms with E-state index in [9.17, 15) is 4.79 Å². The molecular weight excluding hydrogens is 268 g/mol. The fourth-order valence-electron chi connectivity index (χ4n) is 2.96. The number of carbonyl (C=O) groups excluding carboxylic acids is 1. The van der Waals surface area contributed by atoms with Crippen molar-refractivity contribution in [2.75, 3.05) is 11.1 Å². The highest BCUT2D eigenvalue weighted by atomic mass is 79.9. The topological polar surface area (TPSA) is 55.1 Å². The molecule has 84 valence electrons. The number of nitrogens with one attached hydrogen (secondary N) is 1. The highest BCUT2D eigenvalue weighted by Gasteiger charge is 2.49. The van der Waals surface area contributed by atoms with Crippen LogP contribution in [0.15, 0.2) is 16.6 Å². The number of carbonyl (C=O) groups is 1. The number of nitrogens with two attached hydrogens (primary N) is 1. The van der Waals surface area contributed by atoms with Gasteiger partial charge in [0.1, 0.15) is 0 Å². The molecule has 1 saturated carbocycles.